The van der Waals surface area contributed by atoms with Crippen LogP contribution in [-0.4, -0.2) is 55.1 Å². The number of nitrogens with two attached hydrogens (primary N) is 2. The molecule has 1 aliphatic carbocycles. The van der Waals surface area contributed by atoms with Gasteiger partial charge in [-0.25, -0.2) is 4.39 Å². The second kappa shape index (κ2) is 12.0. The van der Waals surface area contributed by atoms with E-state index in [-0.39, 0.29) is 17.7 Å². The van der Waals surface area contributed by atoms with Gasteiger partial charge in [0.2, 0.25) is 5.96 Å². The van der Waals surface area contributed by atoms with E-state index in [2.05, 4.69) is 15.2 Å². The molecule has 1 aromatic carbocycles. The Bertz CT molecular complexity index is 1240. The quantitative estimate of drug-likeness (QED) is 0.197. The monoisotopic (exact) mass is 517 g/mol. The van der Waals surface area contributed by atoms with E-state index in [1.807, 2.05) is 19.9 Å². The third-order valence-corrected chi connectivity index (χ3v) is 4.37. The molecule has 0 unspecified atom stereocenters. The molecule has 0 radical (unpaired) electrons. The number of hydrogen-bond acceptors (Lipinski definition) is 7. The maximum atomic E-state index is 13.7. The molecule has 1 atom stereocenters. The molecule has 3 rings (SSSR count). The average molecular weight is 518 g/mol. The van der Waals surface area contributed by atoms with Crippen molar-refractivity contribution >= 4 is 31.9 Å². The van der Waals surface area contributed by atoms with Crippen molar-refractivity contribution in [3.8, 4) is 0 Å². The van der Waals surface area contributed by atoms with Crippen LogP contribution in [0, 0.1) is 19.7 Å². The molecule has 0 amide bonds. The van der Waals surface area contributed by atoms with Crippen LogP contribution in [0.4, 0.5) is 4.39 Å². The first kappa shape index (κ1) is 29.1. The SMILES string of the molecule is CS(=O)(=O)O.CS(=O)(=O)O.Cc1ccc(F)cc1[C@@H]1C/C(=N/N=C(N)N)c2c(C)ccnc2C1. The molecule has 188 valence electrons. The summed E-state index contributed by atoms with van der Waals surface area (Å²) < 4.78 is 65.4. The van der Waals surface area contributed by atoms with Gasteiger partial charge in [-0.1, -0.05) is 6.07 Å². The van der Waals surface area contributed by atoms with E-state index in [1.54, 1.807) is 18.3 Å². The molecular weight excluding hydrogens is 489 g/mol. The molecule has 0 saturated heterocycles. The van der Waals surface area contributed by atoms with Crippen LogP contribution in [0.25, 0.3) is 0 Å². The molecule has 0 spiro atoms. The molecule has 0 bridgehead atoms. The Labute approximate surface area is 198 Å². The van der Waals surface area contributed by atoms with Gasteiger partial charge in [0.25, 0.3) is 20.2 Å². The van der Waals surface area contributed by atoms with Gasteiger partial charge < -0.3 is 11.5 Å². The fourth-order valence-electron chi connectivity index (χ4n) is 3.28. The molecule has 2 aromatic rings. The first-order valence-electron chi connectivity index (χ1n) is 9.67. The Balaban J connectivity index is 0.000000489. The van der Waals surface area contributed by atoms with Crippen LogP contribution in [0.2, 0.25) is 0 Å². The summed E-state index contributed by atoms with van der Waals surface area (Å²) in [6.07, 6.45) is 4.59. The molecule has 14 heteroatoms. The van der Waals surface area contributed by atoms with Gasteiger partial charge in [-0.3, -0.25) is 14.1 Å². The zero-order valence-corrected chi connectivity index (χ0v) is 20.7. The molecule has 0 fully saturated rings. The standard InChI is InChI=1S/C18H20FN5.2CH4O3S/c1-10-3-4-13(19)9-14(10)12-7-15-17(11(2)5-6-22-15)16(8-12)23-24-18(20)21;2*1-5(2,3)4/h3-6,9,12H,7-8H2,1-2H3,(H4,20,21,24);2*1H3,(H,2,3,4)/b23-16-;;/t12-;;/m0../s1. The topological polar surface area (TPSA) is 198 Å². The van der Waals surface area contributed by atoms with E-state index in [0.29, 0.717) is 18.9 Å². The lowest BCUT2D eigenvalue weighted by Gasteiger charge is -2.27. The van der Waals surface area contributed by atoms with Crippen molar-refractivity contribution in [1.29, 1.82) is 0 Å². The number of rotatable bonds is 2. The Morgan fingerprint density at radius 2 is 1.59 bits per heavy atom. The normalized spacial score (nSPS) is 16.3. The van der Waals surface area contributed by atoms with E-state index < -0.39 is 20.2 Å². The van der Waals surface area contributed by atoms with E-state index in [4.69, 9.17) is 20.6 Å². The average Bonchev–Trinajstić information content (AvgIpc) is 2.65. The van der Waals surface area contributed by atoms with Gasteiger partial charge in [0.1, 0.15) is 5.82 Å². The number of nitrogens with zero attached hydrogens (tertiary/aromatic N) is 3. The summed E-state index contributed by atoms with van der Waals surface area (Å²) in [7, 11) is -7.33. The van der Waals surface area contributed by atoms with Crippen molar-refractivity contribution in [3.63, 3.8) is 0 Å². The third-order valence-electron chi connectivity index (χ3n) is 4.37. The summed E-state index contributed by atoms with van der Waals surface area (Å²) in [6, 6.07) is 6.82. The van der Waals surface area contributed by atoms with Crippen LogP contribution in [0.15, 0.2) is 40.7 Å². The van der Waals surface area contributed by atoms with E-state index in [9.17, 15) is 21.2 Å². The van der Waals surface area contributed by atoms with E-state index >= 15 is 0 Å². The Morgan fingerprint density at radius 1 is 1.03 bits per heavy atom. The molecule has 6 N–H and O–H groups in total. The van der Waals surface area contributed by atoms with Gasteiger partial charge in [-0.2, -0.15) is 21.9 Å². The van der Waals surface area contributed by atoms with Crippen LogP contribution in [0.5, 0.6) is 0 Å². The number of pyridine rings is 1. The van der Waals surface area contributed by atoms with Gasteiger partial charge in [-0.15, -0.1) is 5.10 Å². The minimum atomic E-state index is -3.67. The minimum absolute atomic E-state index is 0.0883. The van der Waals surface area contributed by atoms with E-state index in [1.165, 1.54) is 6.07 Å². The summed E-state index contributed by atoms with van der Waals surface area (Å²) >= 11 is 0. The lowest BCUT2D eigenvalue weighted by molar-refractivity contribution is 0.488. The second-order valence-electron chi connectivity index (χ2n) is 7.59. The first-order valence-corrected chi connectivity index (χ1v) is 13.4. The predicted molar refractivity (Wildman–Crippen MR) is 128 cm³/mol. The van der Waals surface area contributed by atoms with Crippen molar-refractivity contribution < 1.29 is 30.3 Å². The molecule has 1 aromatic heterocycles. The largest absolute Gasteiger partial charge is 0.369 e. The summed E-state index contributed by atoms with van der Waals surface area (Å²) in [5, 5.41) is 8.05. The zero-order chi connectivity index (χ0) is 26.3. The smallest absolute Gasteiger partial charge is 0.261 e. The predicted octanol–water partition coefficient (Wildman–Crippen LogP) is 1.55. The number of fused-ring (bicyclic) bond motifs is 1. The maximum absolute atomic E-state index is 13.7. The molecule has 11 nitrogen and oxygen atoms in total. The van der Waals surface area contributed by atoms with E-state index in [0.717, 1.165) is 40.1 Å². The molecule has 1 aliphatic rings. The molecular formula is C20H28FN5O6S2. The van der Waals surface area contributed by atoms with Crippen LogP contribution in [-0.2, 0) is 26.7 Å². The third kappa shape index (κ3) is 11.3. The van der Waals surface area contributed by atoms with Gasteiger partial charge in [0.05, 0.1) is 23.9 Å². The number of aryl methyl sites for hydroxylation is 2. The van der Waals surface area contributed by atoms with Gasteiger partial charge in [-0.05, 0) is 67.5 Å². The zero-order valence-electron chi connectivity index (χ0n) is 19.1. The number of halogens is 1. The minimum Gasteiger partial charge on any atom is -0.369 e. The number of benzene rings is 1. The summed E-state index contributed by atoms with van der Waals surface area (Å²) in [5.74, 6) is -0.230. The number of guanidine groups is 1. The van der Waals surface area contributed by atoms with Gasteiger partial charge in [0.15, 0.2) is 0 Å². The first-order chi connectivity index (χ1) is 15.5. The Kier molecular flexibility index (Phi) is 10.2. The molecule has 1 heterocycles. The highest BCUT2D eigenvalue weighted by Crippen LogP contribution is 2.35. The van der Waals surface area contributed by atoms with Crippen molar-refractivity contribution in [2.24, 2.45) is 21.7 Å². The van der Waals surface area contributed by atoms with Crippen molar-refractivity contribution in [1.82, 2.24) is 4.98 Å². The van der Waals surface area contributed by atoms with Crippen LogP contribution < -0.4 is 11.5 Å². The summed E-state index contributed by atoms with van der Waals surface area (Å²) in [5.41, 5.74) is 16.7. The second-order valence-corrected chi connectivity index (χ2v) is 10.5. The summed E-state index contributed by atoms with van der Waals surface area (Å²) in [6.45, 7) is 4.00. The van der Waals surface area contributed by atoms with Crippen molar-refractivity contribution in [3.05, 3.63) is 64.2 Å². The molecule has 34 heavy (non-hydrogen) atoms. The van der Waals surface area contributed by atoms with Crippen molar-refractivity contribution in [2.75, 3.05) is 12.5 Å². The molecule has 0 saturated carbocycles. The highest BCUT2D eigenvalue weighted by molar-refractivity contribution is 7.85. The highest BCUT2D eigenvalue weighted by atomic mass is 32.2. The van der Waals surface area contributed by atoms with Crippen LogP contribution >= 0.6 is 0 Å². The van der Waals surface area contributed by atoms with Crippen molar-refractivity contribution in [2.45, 2.75) is 32.6 Å². The molecule has 0 aliphatic heterocycles. The highest BCUT2D eigenvalue weighted by Gasteiger charge is 2.28. The fraction of sp³-hybridized carbons (Fsp3) is 0.350. The Hall–Kier alpha value is -2.94. The summed E-state index contributed by atoms with van der Waals surface area (Å²) in [4.78, 5) is 4.50. The lowest BCUT2D eigenvalue weighted by Crippen LogP contribution is -2.24. The van der Waals surface area contributed by atoms with Gasteiger partial charge in [0, 0.05) is 11.8 Å². The number of hydrogen-bond donors (Lipinski definition) is 4. The van der Waals surface area contributed by atoms with Gasteiger partial charge >= 0.3 is 0 Å². The maximum Gasteiger partial charge on any atom is 0.261 e. The number of aromatic nitrogens is 1. The fourth-order valence-corrected chi connectivity index (χ4v) is 3.28. The van der Waals surface area contributed by atoms with Crippen LogP contribution in [0.3, 0.4) is 0 Å². The lowest BCUT2D eigenvalue weighted by atomic mass is 9.79. The Morgan fingerprint density at radius 3 is 2.12 bits per heavy atom. The van der Waals surface area contributed by atoms with Crippen LogP contribution in [0.1, 0.15) is 40.3 Å².